The number of carbonyl (C=O) groups is 1. The van der Waals surface area contributed by atoms with E-state index in [0.29, 0.717) is 17.4 Å². The molecule has 9 heteroatoms. The average molecular weight is 330 g/mol. The van der Waals surface area contributed by atoms with E-state index in [1.807, 2.05) is 0 Å². The van der Waals surface area contributed by atoms with E-state index in [0.717, 1.165) is 5.69 Å². The Morgan fingerprint density at radius 3 is 2.81 bits per heavy atom. The summed E-state index contributed by atoms with van der Waals surface area (Å²) in [5.74, 6) is 0.298. The monoisotopic (exact) mass is 330 g/mol. The third-order valence-corrected chi connectivity index (χ3v) is 5.81. The van der Waals surface area contributed by atoms with Crippen LogP contribution >= 0.6 is 11.8 Å². The molecule has 0 aliphatic carbocycles. The van der Waals surface area contributed by atoms with E-state index in [4.69, 9.17) is 5.73 Å². The van der Waals surface area contributed by atoms with Crippen LogP contribution in [0.3, 0.4) is 0 Å². The van der Waals surface area contributed by atoms with Gasteiger partial charge in [-0.05, 0) is 20.3 Å². The first-order valence-electron chi connectivity index (χ1n) is 6.54. The molecule has 0 saturated carbocycles. The summed E-state index contributed by atoms with van der Waals surface area (Å²) >= 11 is 1.20. The van der Waals surface area contributed by atoms with Gasteiger partial charge >= 0.3 is 0 Å². The largest absolute Gasteiger partial charge is 0.384 e. The van der Waals surface area contributed by atoms with Gasteiger partial charge in [-0.15, -0.1) is 0 Å². The SMILES string of the molecule is Cc1cc(N)nc(S[C@@H](C)C(=O)N[C@@H]2CCS(=O)(=O)C2)n1. The first-order chi connectivity index (χ1) is 9.75. The summed E-state index contributed by atoms with van der Waals surface area (Å²) in [5.41, 5.74) is 6.38. The zero-order valence-corrected chi connectivity index (χ0v) is 13.5. The number of nitrogens with zero attached hydrogens (tertiary/aromatic N) is 2. The first-order valence-corrected chi connectivity index (χ1v) is 9.24. The number of carbonyl (C=O) groups excluding carboxylic acids is 1. The molecule has 2 atom stereocenters. The number of thioether (sulfide) groups is 1. The molecule has 1 aromatic rings. The molecule has 2 heterocycles. The molecule has 21 heavy (non-hydrogen) atoms. The maximum atomic E-state index is 12.1. The standard InChI is InChI=1S/C12H18N4O3S2/c1-7-5-10(13)16-12(14-7)20-8(2)11(17)15-9-3-4-21(18,19)6-9/h5,8-9H,3-4,6H2,1-2H3,(H,15,17)(H2,13,14,16)/t8-,9+/m0/s1. The van der Waals surface area contributed by atoms with Crippen LogP contribution in [0.2, 0.25) is 0 Å². The lowest BCUT2D eigenvalue weighted by molar-refractivity contribution is -0.120. The molecular formula is C12H18N4O3S2. The van der Waals surface area contributed by atoms with Crippen molar-refractivity contribution in [2.24, 2.45) is 0 Å². The molecule has 116 valence electrons. The van der Waals surface area contributed by atoms with Crippen molar-refractivity contribution in [1.82, 2.24) is 15.3 Å². The molecule has 1 aromatic heterocycles. The molecule has 0 spiro atoms. The van der Waals surface area contributed by atoms with Gasteiger partial charge in [0.05, 0.1) is 16.8 Å². The normalized spacial score (nSPS) is 21.9. The van der Waals surface area contributed by atoms with Crippen molar-refractivity contribution in [3.63, 3.8) is 0 Å². The molecule has 2 rings (SSSR count). The molecule has 3 N–H and O–H groups in total. The van der Waals surface area contributed by atoms with Gasteiger partial charge < -0.3 is 11.1 Å². The van der Waals surface area contributed by atoms with Gasteiger partial charge in [0.2, 0.25) is 5.91 Å². The number of nitrogens with one attached hydrogen (secondary N) is 1. The Bertz CT molecular complexity index is 628. The van der Waals surface area contributed by atoms with Crippen molar-refractivity contribution in [1.29, 1.82) is 0 Å². The molecular weight excluding hydrogens is 312 g/mol. The van der Waals surface area contributed by atoms with Gasteiger partial charge in [0.15, 0.2) is 15.0 Å². The van der Waals surface area contributed by atoms with Gasteiger partial charge in [0.1, 0.15) is 5.82 Å². The summed E-state index contributed by atoms with van der Waals surface area (Å²) in [6, 6.07) is 1.35. The van der Waals surface area contributed by atoms with Crippen molar-refractivity contribution in [2.75, 3.05) is 17.2 Å². The van der Waals surface area contributed by atoms with Crippen LogP contribution in [0, 0.1) is 6.92 Å². The second-order valence-corrected chi connectivity index (χ2v) is 8.62. The minimum Gasteiger partial charge on any atom is -0.384 e. The van der Waals surface area contributed by atoms with Crippen LogP contribution in [0.15, 0.2) is 11.2 Å². The molecule has 0 aromatic carbocycles. The Morgan fingerprint density at radius 1 is 1.52 bits per heavy atom. The molecule has 7 nitrogen and oxygen atoms in total. The zero-order chi connectivity index (χ0) is 15.6. The Kier molecular flexibility index (Phi) is 4.72. The summed E-state index contributed by atoms with van der Waals surface area (Å²) in [5, 5.41) is 2.78. The smallest absolute Gasteiger partial charge is 0.233 e. The fourth-order valence-corrected chi connectivity index (χ4v) is 4.58. The number of hydrogen-bond donors (Lipinski definition) is 2. The predicted molar refractivity (Wildman–Crippen MR) is 81.7 cm³/mol. The Labute approximate surface area is 128 Å². The Hall–Kier alpha value is -1.35. The van der Waals surface area contributed by atoms with Gasteiger partial charge in [-0.1, -0.05) is 11.8 Å². The Balaban J connectivity index is 1.93. The van der Waals surface area contributed by atoms with Crippen molar-refractivity contribution in [2.45, 2.75) is 36.7 Å². The van der Waals surface area contributed by atoms with Crippen molar-refractivity contribution >= 4 is 33.3 Å². The molecule has 1 saturated heterocycles. The highest BCUT2D eigenvalue weighted by atomic mass is 32.2. The van der Waals surface area contributed by atoms with E-state index in [-0.39, 0.29) is 23.5 Å². The van der Waals surface area contributed by atoms with E-state index in [9.17, 15) is 13.2 Å². The predicted octanol–water partition coefficient (Wildman–Crippen LogP) is 0.151. The lowest BCUT2D eigenvalue weighted by atomic mass is 10.2. The van der Waals surface area contributed by atoms with Gasteiger partial charge in [-0.2, -0.15) is 0 Å². The lowest BCUT2D eigenvalue weighted by Crippen LogP contribution is -2.40. The number of sulfone groups is 1. The van der Waals surface area contributed by atoms with E-state index in [1.165, 1.54) is 11.8 Å². The highest BCUT2D eigenvalue weighted by Crippen LogP contribution is 2.21. The fourth-order valence-electron chi connectivity index (χ4n) is 2.06. The molecule has 1 aliphatic heterocycles. The van der Waals surface area contributed by atoms with E-state index < -0.39 is 15.1 Å². The second-order valence-electron chi connectivity index (χ2n) is 5.09. The third-order valence-electron chi connectivity index (χ3n) is 3.08. The van der Waals surface area contributed by atoms with Crippen LogP contribution in [-0.2, 0) is 14.6 Å². The quantitative estimate of drug-likeness (QED) is 0.596. The Morgan fingerprint density at radius 2 is 2.24 bits per heavy atom. The van der Waals surface area contributed by atoms with Crippen LogP contribution in [-0.4, -0.2) is 47.1 Å². The van der Waals surface area contributed by atoms with Crippen LogP contribution in [0.1, 0.15) is 19.0 Å². The lowest BCUT2D eigenvalue weighted by Gasteiger charge is -2.15. The number of nitrogens with two attached hydrogens (primary N) is 1. The second kappa shape index (κ2) is 6.18. The molecule has 0 unspecified atom stereocenters. The van der Waals surface area contributed by atoms with Crippen molar-refractivity contribution in [3.05, 3.63) is 11.8 Å². The summed E-state index contributed by atoms with van der Waals surface area (Å²) in [7, 11) is -3.00. The van der Waals surface area contributed by atoms with E-state index in [1.54, 1.807) is 19.9 Å². The summed E-state index contributed by atoms with van der Waals surface area (Å²) in [6.45, 7) is 3.53. The summed E-state index contributed by atoms with van der Waals surface area (Å²) < 4.78 is 22.7. The van der Waals surface area contributed by atoms with Gasteiger partial charge in [0.25, 0.3) is 0 Å². The van der Waals surface area contributed by atoms with Crippen LogP contribution in [0.4, 0.5) is 5.82 Å². The third kappa shape index (κ3) is 4.57. The van der Waals surface area contributed by atoms with Crippen molar-refractivity contribution in [3.8, 4) is 0 Å². The van der Waals surface area contributed by atoms with Crippen LogP contribution in [0.5, 0.6) is 0 Å². The summed E-state index contributed by atoms with van der Waals surface area (Å²) in [4.78, 5) is 20.3. The topological polar surface area (TPSA) is 115 Å². The first kappa shape index (κ1) is 16.0. The van der Waals surface area contributed by atoms with E-state index in [2.05, 4.69) is 15.3 Å². The van der Waals surface area contributed by atoms with Crippen LogP contribution in [0.25, 0.3) is 0 Å². The highest BCUT2D eigenvalue weighted by Gasteiger charge is 2.30. The van der Waals surface area contributed by atoms with Crippen LogP contribution < -0.4 is 11.1 Å². The highest BCUT2D eigenvalue weighted by molar-refractivity contribution is 8.00. The number of amides is 1. The number of nitrogen functional groups attached to an aromatic ring is 1. The van der Waals surface area contributed by atoms with E-state index >= 15 is 0 Å². The number of hydrogen-bond acceptors (Lipinski definition) is 7. The number of aryl methyl sites for hydroxylation is 1. The zero-order valence-electron chi connectivity index (χ0n) is 11.9. The maximum absolute atomic E-state index is 12.1. The van der Waals surface area contributed by atoms with Gasteiger partial charge in [-0.25, -0.2) is 18.4 Å². The number of rotatable bonds is 4. The fraction of sp³-hybridized carbons (Fsp3) is 0.583. The summed E-state index contributed by atoms with van der Waals surface area (Å²) in [6.07, 6.45) is 0.472. The molecule has 1 fully saturated rings. The molecule has 1 amide bonds. The molecule has 1 aliphatic rings. The molecule has 0 radical (unpaired) electrons. The molecule has 0 bridgehead atoms. The van der Waals surface area contributed by atoms with Crippen molar-refractivity contribution < 1.29 is 13.2 Å². The van der Waals surface area contributed by atoms with Gasteiger partial charge in [0, 0.05) is 17.8 Å². The minimum atomic E-state index is -3.00. The number of aromatic nitrogens is 2. The number of anilines is 1. The van der Waals surface area contributed by atoms with Gasteiger partial charge in [-0.3, -0.25) is 4.79 Å². The maximum Gasteiger partial charge on any atom is 0.233 e. The average Bonchev–Trinajstić information content (AvgIpc) is 2.67. The minimum absolute atomic E-state index is 0.0179.